The van der Waals surface area contributed by atoms with Crippen LogP contribution in [0.5, 0.6) is 0 Å². The summed E-state index contributed by atoms with van der Waals surface area (Å²) in [6.07, 6.45) is 4.45. The molecule has 4 atom stereocenters. The zero-order chi connectivity index (χ0) is 24.3. The van der Waals surface area contributed by atoms with Crippen LogP contribution in [0, 0.1) is 0 Å². The maximum Gasteiger partial charge on any atom is 0.325 e. The van der Waals surface area contributed by atoms with E-state index in [1.54, 1.807) is 0 Å². The smallest absolute Gasteiger partial charge is 0.325 e. The highest BCUT2D eigenvalue weighted by Gasteiger charge is 2.30. The van der Waals surface area contributed by atoms with E-state index in [0.29, 0.717) is 17.9 Å². The standard InChI is InChI=1S/C18H29N7O6S/c1-9(18(30)31)23-16(28)12(5-10-7-21-8-22-10)25-17(29)13(6-14(20)26)24-15(27)11(19)3-4-32-2/h7-9,11-13H,3-6,19H2,1-2H3,(H2,20,26)(H,21,22)(H,23,28)(H,24,27)(H,25,29)(H,30,31). The van der Waals surface area contributed by atoms with Crippen LogP contribution in [0.25, 0.3) is 0 Å². The van der Waals surface area contributed by atoms with Gasteiger partial charge in [-0.2, -0.15) is 11.8 Å². The summed E-state index contributed by atoms with van der Waals surface area (Å²) in [5.74, 6) is -3.76. The van der Waals surface area contributed by atoms with Crippen LogP contribution in [-0.2, 0) is 30.4 Å². The summed E-state index contributed by atoms with van der Waals surface area (Å²) in [7, 11) is 0. The van der Waals surface area contributed by atoms with Gasteiger partial charge < -0.3 is 37.5 Å². The number of nitrogens with zero attached hydrogens (tertiary/aromatic N) is 1. The third-order valence-corrected chi connectivity index (χ3v) is 4.99. The monoisotopic (exact) mass is 471 g/mol. The van der Waals surface area contributed by atoms with Crippen molar-refractivity contribution in [3.8, 4) is 0 Å². The SMILES string of the molecule is CSCCC(N)C(=O)NC(CC(N)=O)C(=O)NC(Cc1cnc[nH]1)C(=O)NC(C)C(=O)O. The first kappa shape index (κ1) is 26.9. The number of primary amides is 1. The minimum atomic E-state index is -1.37. The van der Waals surface area contributed by atoms with Gasteiger partial charge in [0.1, 0.15) is 18.1 Å². The number of amides is 4. The van der Waals surface area contributed by atoms with E-state index in [-0.39, 0.29) is 6.42 Å². The number of H-pyrrole nitrogens is 1. The second-order valence-corrected chi connectivity index (χ2v) is 8.02. The normalized spacial score (nSPS) is 14.5. The molecule has 1 aromatic rings. The summed E-state index contributed by atoms with van der Waals surface area (Å²) >= 11 is 1.50. The molecule has 32 heavy (non-hydrogen) atoms. The Balaban J connectivity index is 2.97. The summed E-state index contributed by atoms with van der Waals surface area (Å²) in [6, 6.07) is -4.69. The van der Waals surface area contributed by atoms with E-state index in [1.165, 1.54) is 31.2 Å². The maximum atomic E-state index is 12.8. The second kappa shape index (κ2) is 13.3. The Kier molecular flexibility index (Phi) is 11.2. The minimum Gasteiger partial charge on any atom is -0.480 e. The predicted octanol–water partition coefficient (Wildman–Crippen LogP) is -2.53. The highest BCUT2D eigenvalue weighted by molar-refractivity contribution is 7.98. The summed E-state index contributed by atoms with van der Waals surface area (Å²) in [5, 5.41) is 16.1. The fourth-order valence-corrected chi connectivity index (χ4v) is 3.03. The van der Waals surface area contributed by atoms with Gasteiger partial charge in [-0.25, -0.2) is 4.98 Å². The third-order valence-electron chi connectivity index (χ3n) is 4.35. The second-order valence-electron chi connectivity index (χ2n) is 7.03. The van der Waals surface area contributed by atoms with E-state index in [2.05, 4.69) is 25.9 Å². The number of hydrogen-bond acceptors (Lipinski definition) is 8. The zero-order valence-corrected chi connectivity index (χ0v) is 18.6. The van der Waals surface area contributed by atoms with Crippen molar-refractivity contribution in [2.45, 2.75) is 50.4 Å². The molecule has 0 fully saturated rings. The fourth-order valence-electron chi connectivity index (χ4n) is 2.54. The molecule has 0 radical (unpaired) electrons. The number of carbonyl (C=O) groups excluding carboxylic acids is 4. The number of aromatic nitrogens is 2. The number of carboxylic acids is 1. The van der Waals surface area contributed by atoms with Crippen molar-refractivity contribution >= 4 is 41.4 Å². The Bertz CT molecular complexity index is 804. The van der Waals surface area contributed by atoms with Crippen molar-refractivity contribution in [1.82, 2.24) is 25.9 Å². The largest absolute Gasteiger partial charge is 0.480 e. The zero-order valence-electron chi connectivity index (χ0n) is 17.8. The maximum absolute atomic E-state index is 12.8. The van der Waals surface area contributed by atoms with E-state index in [9.17, 15) is 24.0 Å². The molecule has 13 nitrogen and oxygen atoms in total. The molecular weight excluding hydrogens is 442 g/mol. The lowest BCUT2D eigenvalue weighted by Gasteiger charge is -2.24. The lowest BCUT2D eigenvalue weighted by Crippen LogP contribution is -2.58. The number of hydrogen-bond donors (Lipinski definition) is 7. The number of thioether (sulfide) groups is 1. The first-order valence-electron chi connectivity index (χ1n) is 9.69. The Morgan fingerprint density at radius 2 is 1.75 bits per heavy atom. The van der Waals surface area contributed by atoms with Crippen LogP contribution < -0.4 is 27.4 Å². The number of imidazole rings is 1. The molecule has 0 aliphatic carbocycles. The lowest BCUT2D eigenvalue weighted by atomic mass is 10.1. The van der Waals surface area contributed by atoms with Gasteiger partial charge in [0.25, 0.3) is 0 Å². The van der Waals surface area contributed by atoms with Crippen LogP contribution in [0.2, 0.25) is 0 Å². The van der Waals surface area contributed by atoms with Crippen LogP contribution in [-0.4, -0.2) is 80.8 Å². The van der Waals surface area contributed by atoms with Crippen molar-refractivity contribution in [2.24, 2.45) is 11.5 Å². The lowest BCUT2D eigenvalue weighted by molar-refractivity contribution is -0.142. The molecule has 4 amide bonds. The van der Waals surface area contributed by atoms with Crippen LogP contribution in [0.15, 0.2) is 12.5 Å². The van der Waals surface area contributed by atoms with E-state index in [0.717, 1.165) is 0 Å². The first-order chi connectivity index (χ1) is 15.0. The Morgan fingerprint density at radius 3 is 2.28 bits per heavy atom. The van der Waals surface area contributed by atoms with E-state index in [4.69, 9.17) is 16.6 Å². The molecule has 1 heterocycles. The van der Waals surface area contributed by atoms with Gasteiger partial charge in [0.05, 0.1) is 18.8 Å². The van der Waals surface area contributed by atoms with Crippen LogP contribution in [0.4, 0.5) is 0 Å². The summed E-state index contributed by atoms with van der Waals surface area (Å²) in [4.78, 5) is 66.8. The van der Waals surface area contributed by atoms with Gasteiger partial charge in [-0.05, 0) is 25.4 Å². The average molecular weight is 472 g/mol. The fraction of sp³-hybridized carbons (Fsp3) is 0.556. The number of rotatable bonds is 14. The van der Waals surface area contributed by atoms with Crippen molar-refractivity contribution in [2.75, 3.05) is 12.0 Å². The summed E-state index contributed by atoms with van der Waals surface area (Å²) < 4.78 is 0. The number of aliphatic carboxylic acids is 1. The number of nitrogens with one attached hydrogen (secondary N) is 4. The molecule has 0 saturated heterocycles. The molecule has 4 unspecified atom stereocenters. The van der Waals surface area contributed by atoms with Gasteiger partial charge >= 0.3 is 5.97 Å². The number of aromatic amines is 1. The van der Waals surface area contributed by atoms with Crippen LogP contribution in [0.3, 0.4) is 0 Å². The molecule has 1 aromatic heterocycles. The van der Waals surface area contributed by atoms with Crippen molar-refractivity contribution in [3.05, 3.63) is 18.2 Å². The van der Waals surface area contributed by atoms with Crippen molar-refractivity contribution < 1.29 is 29.1 Å². The number of carbonyl (C=O) groups is 5. The van der Waals surface area contributed by atoms with Crippen LogP contribution in [0.1, 0.15) is 25.5 Å². The van der Waals surface area contributed by atoms with Gasteiger partial charge in [-0.1, -0.05) is 0 Å². The minimum absolute atomic E-state index is 0.0472. The van der Waals surface area contributed by atoms with E-state index >= 15 is 0 Å². The molecule has 1 rings (SSSR count). The first-order valence-corrected chi connectivity index (χ1v) is 11.1. The van der Waals surface area contributed by atoms with Gasteiger partial charge in [-0.3, -0.25) is 24.0 Å². The molecule has 0 bridgehead atoms. The van der Waals surface area contributed by atoms with Crippen molar-refractivity contribution in [1.29, 1.82) is 0 Å². The quantitative estimate of drug-likeness (QED) is 0.152. The predicted molar refractivity (Wildman–Crippen MR) is 116 cm³/mol. The third kappa shape index (κ3) is 9.34. The highest BCUT2D eigenvalue weighted by Crippen LogP contribution is 2.04. The topological polar surface area (TPSA) is 222 Å². The average Bonchev–Trinajstić information content (AvgIpc) is 3.23. The summed E-state index contributed by atoms with van der Waals surface area (Å²) in [6.45, 7) is 1.27. The van der Waals surface area contributed by atoms with Gasteiger partial charge in [0, 0.05) is 18.3 Å². The van der Waals surface area contributed by atoms with Gasteiger partial charge in [-0.15, -0.1) is 0 Å². The van der Waals surface area contributed by atoms with Crippen molar-refractivity contribution in [3.63, 3.8) is 0 Å². The molecule has 14 heteroatoms. The Labute approximate surface area is 188 Å². The van der Waals surface area contributed by atoms with E-state index in [1.807, 2.05) is 6.26 Å². The molecule has 0 aliphatic heterocycles. The molecular formula is C18H29N7O6S. The molecule has 0 aromatic carbocycles. The molecule has 0 saturated carbocycles. The molecule has 9 N–H and O–H groups in total. The molecule has 178 valence electrons. The van der Waals surface area contributed by atoms with Crippen LogP contribution >= 0.6 is 11.8 Å². The molecule has 0 aliphatic rings. The number of carboxylic acid groups (broad SMARTS) is 1. The van der Waals surface area contributed by atoms with Gasteiger partial charge in [0.2, 0.25) is 23.6 Å². The highest BCUT2D eigenvalue weighted by atomic mass is 32.2. The molecule has 0 spiro atoms. The Hall–Kier alpha value is -3.13. The van der Waals surface area contributed by atoms with E-state index < -0.39 is 60.2 Å². The van der Waals surface area contributed by atoms with Gasteiger partial charge in [0.15, 0.2) is 0 Å². The number of nitrogens with two attached hydrogens (primary N) is 2. The summed E-state index contributed by atoms with van der Waals surface area (Å²) in [5.41, 5.74) is 11.5. The Morgan fingerprint density at radius 1 is 1.12 bits per heavy atom.